The van der Waals surface area contributed by atoms with Crippen molar-refractivity contribution >= 4 is 0 Å². The van der Waals surface area contributed by atoms with Crippen LogP contribution in [0.1, 0.15) is 25.7 Å². The van der Waals surface area contributed by atoms with E-state index in [-0.39, 0.29) is 18.3 Å². The predicted molar refractivity (Wildman–Crippen MR) is 68.4 cm³/mol. The second-order valence-corrected chi connectivity index (χ2v) is 5.26. The summed E-state index contributed by atoms with van der Waals surface area (Å²) in [6.45, 7) is 2.35. The molecule has 1 saturated heterocycles. The molecule has 2 rings (SSSR count). The quantitative estimate of drug-likeness (QED) is 0.711. The molecule has 0 aromatic rings. The Morgan fingerprint density at radius 2 is 1.79 bits per heavy atom. The Hall–Kier alpha value is -0.670. The van der Waals surface area contributed by atoms with Crippen molar-refractivity contribution in [3.8, 4) is 6.07 Å². The maximum Gasteiger partial charge on any atom is 0.160 e. The molecule has 2 fully saturated rings. The Balaban J connectivity index is 1.65. The van der Waals surface area contributed by atoms with E-state index in [2.05, 4.69) is 6.07 Å². The van der Waals surface area contributed by atoms with Crippen LogP contribution in [0.5, 0.6) is 0 Å². The van der Waals surface area contributed by atoms with Crippen molar-refractivity contribution in [3.05, 3.63) is 0 Å². The first-order valence-corrected chi connectivity index (χ1v) is 7.07. The monoisotopic (exact) mass is 269 g/mol. The number of rotatable bonds is 5. The summed E-state index contributed by atoms with van der Waals surface area (Å²) in [7, 11) is 1.66. The maximum absolute atomic E-state index is 8.89. The molecule has 0 unspecified atom stereocenters. The van der Waals surface area contributed by atoms with E-state index in [1.54, 1.807) is 7.11 Å². The van der Waals surface area contributed by atoms with Crippen LogP contribution in [0, 0.1) is 23.2 Å². The Labute approximate surface area is 114 Å². The molecule has 5 heteroatoms. The molecule has 19 heavy (non-hydrogen) atoms. The van der Waals surface area contributed by atoms with Crippen LogP contribution in [-0.4, -0.2) is 45.9 Å². The van der Waals surface area contributed by atoms with Gasteiger partial charge < -0.3 is 18.9 Å². The zero-order valence-electron chi connectivity index (χ0n) is 11.5. The first kappa shape index (κ1) is 14.7. The van der Waals surface area contributed by atoms with Crippen LogP contribution in [0.15, 0.2) is 0 Å². The van der Waals surface area contributed by atoms with Crippen molar-refractivity contribution in [1.29, 1.82) is 5.26 Å². The summed E-state index contributed by atoms with van der Waals surface area (Å²) in [4.78, 5) is 0. The van der Waals surface area contributed by atoms with Crippen molar-refractivity contribution in [2.45, 2.75) is 38.1 Å². The largest absolute Gasteiger partial charge is 0.382 e. The van der Waals surface area contributed by atoms with E-state index in [0.29, 0.717) is 32.3 Å². The molecular weight excluding hydrogens is 246 g/mol. The van der Waals surface area contributed by atoms with E-state index in [1.165, 1.54) is 0 Å². The van der Waals surface area contributed by atoms with Gasteiger partial charge in [0.1, 0.15) is 6.10 Å². The zero-order valence-corrected chi connectivity index (χ0v) is 11.5. The van der Waals surface area contributed by atoms with Gasteiger partial charge in [0.15, 0.2) is 6.29 Å². The van der Waals surface area contributed by atoms with Crippen LogP contribution >= 0.6 is 0 Å². The lowest BCUT2D eigenvalue weighted by molar-refractivity contribution is -0.250. The third kappa shape index (κ3) is 4.43. The molecule has 108 valence electrons. The highest BCUT2D eigenvalue weighted by molar-refractivity contribution is 4.88. The van der Waals surface area contributed by atoms with E-state index in [1.807, 2.05) is 0 Å². The van der Waals surface area contributed by atoms with Crippen molar-refractivity contribution in [2.24, 2.45) is 11.8 Å². The maximum atomic E-state index is 8.89. The fourth-order valence-electron chi connectivity index (χ4n) is 2.69. The van der Waals surface area contributed by atoms with E-state index >= 15 is 0 Å². The van der Waals surface area contributed by atoms with Gasteiger partial charge in [-0.1, -0.05) is 0 Å². The lowest BCUT2D eigenvalue weighted by Crippen LogP contribution is -2.42. The molecule has 0 aromatic carbocycles. The molecule has 0 bridgehead atoms. The third-order valence-corrected chi connectivity index (χ3v) is 3.87. The number of ether oxygens (including phenoxy) is 4. The van der Waals surface area contributed by atoms with Crippen molar-refractivity contribution < 1.29 is 18.9 Å². The molecule has 1 heterocycles. The summed E-state index contributed by atoms with van der Waals surface area (Å²) >= 11 is 0. The summed E-state index contributed by atoms with van der Waals surface area (Å²) in [6.07, 6.45) is 3.90. The fraction of sp³-hybridized carbons (Fsp3) is 0.929. The Bertz CT molecular complexity index is 288. The molecule has 1 aliphatic carbocycles. The highest BCUT2D eigenvalue weighted by atomic mass is 16.7. The standard InChI is InChI=1S/C14H23NO4/c1-16-6-7-17-13-9-18-14(19-10-13)12-4-2-11(8-15)3-5-12/h11-14H,2-7,9-10H2,1H3/t11-,12-,13-,14-. The third-order valence-electron chi connectivity index (χ3n) is 3.87. The summed E-state index contributed by atoms with van der Waals surface area (Å²) in [5.74, 6) is 0.662. The smallest absolute Gasteiger partial charge is 0.160 e. The molecule has 0 spiro atoms. The normalized spacial score (nSPS) is 35.8. The van der Waals surface area contributed by atoms with Gasteiger partial charge in [0.05, 0.1) is 32.5 Å². The molecule has 0 amide bonds. The lowest BCUT2D eigenvalue weighted by Gasteiger charge is -2.36. The highest BCUT2D eigenvalue weighted by Crippen LogP contribution is 2.33. The van der Waals surface area contributed by atoms with Crippen LogP contribution in [0.4, 0.5) is 0 Å². The highest BCUT2D eigenvalue weighted by Gasteiger charge is 2.32. The van der Waals surface area contributed by atoms with Crippen LogP contribution < -0.4 is 0 Å². The van der Waals surface area contributed by atoms with Gasteiger partial charge in [-0.15, -0.1) is 0 Å². The summed E-state index contributed by atoms with van der Waals surface area (Å²) in [5, 5.41) is 8.89. The second kappa shape index (κ2) is 7.81. The van der Waals surface area contributed by atoms with Gasteiger partial charge in [-0.2, -0.15) is 5.26 Å². The van der Waals surface area contributed by atoms with Crippen LogP contribution in [0.2, 0.25) is 0 Å². The molecule has 0 atom stereocenters. The number of nitrogens with zero attached hydrogens (tertiary/aromatic N) is 1. The summed E-state index contributed by atoms with van der Waals surface area (Å²) in [5.41, 5.74) is 0. The summed E-state index contributed by atoms with van der Waals surface area (Å²) in [6, 6.07) is 2.35. The van der Waals surface area contributed by atoms with E-state index < -0.39 is 0 Å². The van der Waals surface area contributed by atoms with E-state index in [4.69, 9.17) is 24.2 Å². The minimum absolute atomic E-state index is 0.0156. The molecule has 0 N–H and O–H groups in total. The van der Waals surface area contributed by atoms with Gasteiger partial charge in [0, 0.05) is 18.9 Å². The molecule has 0 aromatic heterocycles. The van der Waals surface area contributed by atoms with E-state index in [0.717, 1.165) is 25.7 Å². The predicted octanol–water partition coefficient (Wildman–Crippen LogP) is 1.72. The van der Waals surface area contributed by atoms with Gasteiger partial charge in [-0.25, -0.2) is 0 Å². The number of methoxy groups -OCH3 is 1. The van der Waals surface area contributed by atoms with E-state index in [9.17, 15) is 0 Å². The number of hydrogen-bond acceptors (Lipinski definition) is 5. The Morgan fingerprint density at radius 3 is 2.37 bits per heavy atom. The Morgan fingerprint density at radius 1 is 1.11 bits per heavy atom. The first-order chi connectivity index (χ1) is 9.33. The topological polar surface area (TPSA) is 60.7 Å². The van der Waals surface area contributed by atoms with Crippen LogP contribution in [0.25, 0.3) is 0 Å². The van der Waals surface area contributed by atoms with Crippen molar-refractivity contribution in [3.63, 3.8) is 0 Å². The average Bonchev–Trinajstić information content (AvgIpc) is 2.48. The van der Waals surface area contributed by atoms with Gasteiger partial charge in [0.25, 0.3) is 0 Å². The van der Waals surface area contributed by atoms with Gasteiger partial charge in [-0.3, -0.25) is 0 Å². The summed E-state index contributed by atoms with van der Waals surface area (Å²) < 4.78 is 22.0. The van der Waals surface area contributed by atoms with Gasteiger partial charge in [-0.05, 0) is 25.7 Å². The average molecular weight is 269 g/mol. The van der Waals surface area contributed by atoms with Crippen molar-refractivity contribution in [1.82, 2.24) is 0 Å². The van der Waals surface area contributed by atoms with Crippen molar-refractivity contribution in [2.75, 3.05) is 33.5 Å². The molecule has 5 nitrogen and oxygen atoms in total. The second-order valence-electron chi connectivity index (χ2n) is 5.26. The fourth-order valence-corrected chi connectivity index (χ4v) is 2.69. The Kier molecular flexibility index (Phi) is 6.05. The number of hydrogen-bond donors (Lipinski definition) is 0. The van der Waals surface area contributed by atoms with Crippen LogP contribution in [-0.2, 0) is 18.9 Å². The zero-order chi connectivity index (χ0) is 13.5. The molecule has 2 aliphatic rings. The molecular formula is C14H23NO4. The minimum atomic E-state index is -0.109. The molecule has 0 radical (unpaired) electrons. The molecule has 1 saturated carbocycles. The molecule has 1 aliphatic heterocycles. The van der Waals surface area contributed by atoms with Gasteiger partial charge in [0.2, 0.25) is 0 Å². The number of nitriles is 1. The lowest BCUT2D eigenvalue weighted by atomic mass is 9.82. The SMILES string of the molecule is COCCO[C@H]1CO[C@H]([C@H]2CC[C@H](C#N)CC2)OC1. The van der Waals surface area contributed by atoms with Gasteiger partial charge >= 0.3 is 0 Å². The van der Waals surface area contributed by atoms with Crippen LogP contribution in [0.3, 0.4) is 0 Å². The first-order valence-electron chi connectivity index (χ1n) is 7.07. The minimum Gasteiger partial charge on any atom is -0.382 e.